The second kappa shape index (κ2) is 8.97. The lowest BCUT2D eigenvalue weighted by molar-refractivity contribution is 0.109. The Kier molecular flexibility index (Phi) is 8.88. The van der Waals surface area contributed by atoms with Crippen LogP contribution in [0, 0.1) is 0 Å². The third kappa shape index (κ3) is 7.98. The zero-order valence-corrected chi connectivity index (χ0v) is 8.52. The zero-order chi connectivity index (χ0) is 9.23. The molecule has 0 amide bonds. The molecular weight excluding hydrogens is 152 g/mol. The van der Waals surface area contributed by atoms with Gasteiger partial charge in [-0.3, -0.25) is 0 Å². The van der Waals surface area contributed by atoms with Gasteiger partial charge in [-0.1, -0.05) is 0 Å². The molecule has 0 spiro atoms. The first-order chi connectivity index (χ1) is 5.81. The summed E-state index contributed by atoms with van der Waals surface area (Å²) in [6, 6.07) is 0. The lowest BCUT2D eigenvalue weighted by Gasteiger charge is -2.09. The van der Waals surface area contributed by atoms with Crippen molar-refractivity contribution in [2.75, 3.05) is 33.8 Å². The largest absolute Gasteiger partial charge is 0.382 e. The summed E-state index contributed by atoms with van der Waals surface area (Å²) in [5.41, 5.74) is 0. The zero-order valence-electron chi connectivity index (χ0n) is 8.52. The van der Waals surface area contributed by atoms with E-state index in [9.17, 15) is 0 Å². The summed E-state index contributed by atoms with van der Waals surface area (Å²) in [7, 11) is 3.73. The summed E-state index contributed by atoms with van der Waals surface area (Å²) >= 11 is 0. The molecule has 0 rings (SSSR count). The first-order valence-electron chi connectivity index (χ1n) is 4.69. The molecule has 0 aromatic heterocycles. The van der Waals surface area contributed by atoms with E-state index in [1.54, 1.807) is 7.11 Å². The highest BCUT2D eigenvalue weighted by molar-refractivity contribution is 4.53. The summed E-state index contributed by atoms with van der Waals surface area (Å²) in [6.07, 6.45) is 2.73. The SMILES string of the molecule is CNCCNCCCC(C)OC. The van der Waals surface area contributed by atoms with Gasteiger partial charge >= 0.3 is 0 Å². The Morgan fingerprint density at radius 2 is 2.00 bits per heavy atom. The van der Waals surface area contributed by atoms with Crippen LogP contribution in [0.25, 0.3) is 0 Å². The molecule has 0 heterocycles. The van der Waals surface area contributed by atoms with Gasteiger partial charge in [0.15, 0.2) is 0 Å². The molecule has 0 aliphatic heterocycles. The molecule has 12 heavy (non-hydrogen) atoms. The molecule has 74 valence electrons. The second-order valence-corrected chi connectivity index (χ2v) is 3.04. The van der Waals surface area contributed by atoms with E-state index in [4.69, 9.17) is 4.74 Å². The number of hydrogen-bond acceptors (Lipinski definition) is 3. The van der Waals surface area contributed by atoms with Crippen molar-refractivity contribution < 1.29 is 4.74 Å². The summed E-state index contributed by atoms with van der Waals surface area (Å²) < 4.78 is 5.14. The summed E-state index contributed by atoms with van der Waals surface area (Å²) in [5, 5.41) is 6.44. The van der Waals surface area contributed by atoms with Crippen LogP contribution in [-0.2, 0) is 4.74 Å². The van der Waals surface area contributed by atoms with Gasteiger partial charge in [-0.15, -0.1) is 0 Å². The maximum absolute atomic E-state index is 5.14. The van der Waals surface area contributed by atoms with Crippen LogP contribution < -0.4 is 10.6 Å². The van der Waals surface area contributed by atoms with Crippen molar-refractivity contribution in [3.8, 4) is 0 Å². The minimum atomic E-state index is 0.399. The van der Waals surface area contributed by atoms with E-state index >= 15 is 0 Å². The van der Waals surface area contributed by atoms with Gasteiger partial charge in [-0.05, 0) is 33.4 Å². The smallest absolute Gasteiger partial charge is 0.0543 e. The van der Waals surface area contributed by atoms with Crippen molar-refractivity contribution in [3.05, 3.63) is 0 Å². The molecule has 1 unspecified atom stereocenters. The maximum atomic E-state index is 5.14. The summed E-state index contributed by atoms with van der Waals surface area (Å²) in [4.78, 5) is 0. The van der Waals surface area contributed by atoms with E-state index in [1.165, 1.54) is 6.42 Å². The topological polar surface area (TPSA) is 33.3 Å². The Bertz CT molecular complexity index is 88.6. The van der Waals surface area contributed by atoms with Crippen molar-refractivity contribution in [1.82, 2.24) is 10.6 Å². The highest BCUT2D eigenvalue weighted by Gasteiger charge is 1.97. The van der Waals surface area contributed by atoms with Crippen molar-refractivity contribution in [1.29, 1.82) is 0 Å². The molecular formula is C9H22N2O. The molecule has 0 bridgehead atoms. The van der Waals surface area contributed by atoms with E-state index in [1.807, 2.05) is 7.05 Å². The number of nitrogens with one attached hydrogen (secondary N) is 2. The van der Waals surface area contributed by atoms with Crippen molar-refractivity contribution in [2.24, 2.45) is 0 Å². The van der Waals surface area contributed by atoms with Crippen molar-refractivity contribution in [3.63, 3.8) is 0 Å². The van der Waals surface area contributed by atoms with Gasteiger partial charge in [-0.2, -0.15) is 0 Å². The highest BCUT2D eigenvalue weighted by atomic mass is 16.5. The molecule has 3 heteroatoms. The Morgan fingerprint density at radius 3 is 2.58 bits per heavy atom. The molecule has 0 aromatic carbocycles. The normalized spacial score (nSPS) is 13.2. The molecule has 0 radical (unpaired) electrons. The van der Waals surface area contributed by atoms with Crippen LogP contribution in [0.15, 0.2) is 0 Å². The van der Waals surface area contributed by atoms with Gasteiger partial charge in [0.2, 0.25) is 0 Å². The lowest BCUT2D eigenvalue weighted by Crippen LogP contribution is -2.26. The Balaban J connectivity index is 2.90. The van der Waals surface area contributed by atoms with Gasteiger partial charge in [0.05, 0.1) is 6.10 Å². The Morgan fingerprint density at radius 1 is 1.25 bits per heavy atom. The Labute approximate surface area is 75.9 Å². The van der Waals surface area contributed by atoms with Crippen LogP contribution in [0.2, 0.25) is 0 Å². The fourth-order valence-electron chi connectivity index (χ4n) is 0.971. The highest BCUT2D eigenvalue weighted by Crippen LogP contribution is 1.97. The fraction of sp³-hybridized carbons (Fsp3) is 1.00. The number of rotatable bonds is 8. The Hall–Kier alpha value is -0.120. The molecule has 1 atom stereocenters. The predicted octanol–water partition coefficient (Wildman–Crippen LogP) is 0.610. The van der Waals surface area contributed by atoms with E-state index in [0.717, 1.165) is 26.1 Å². The minimum Gasteiger partial charge on any atom is -0.382 e. The van der Waals surface area contributed by atoms with Crippen LogP contribution in [0.5, 0.6) is 0 Å². The maximum Gasteiger partial charge on any atom is 0.0543 e. The van der Waals surface area contributed by atoms with Crippen LogP contribution in [-0.4, -0.2) is 39.9 Å². The molecule has 0 saturated carbocycles. The first-order valence-corrected chi connectivity index (χ1v) is 4.69. The summed E-state index contributed by atoms with van der Waals surface area (Å²) in [6.45, 7) is 5.29. The van der Waals surface area contributed by atoms with Gasteiger partial charge in [0.25, 0.3) is 0 Å². The third-order valence-corrected chi connectivity index (χ3v) is 1.92. The number of methoxy groups -OCH3 is 1. The molecule has 0 aliphatic rings. The first kappa shape index (κ1) is 11.9. The molecule has 0 aromatic rings. The van der Waals surface area contributed by atoms with Gasteiger partial charge in [0, 0.05) is 20.2 Å². The number of hydrogen-bond donors (Lipinski definition) is 2. The molecule has 0 saturated heterocycles. The average Bonchev–Trinajstić information content (AvgIpc) is 2.10. The monoisotopic (exact) mass is 174 g/mol. The van der Waals surface area contributed by atoms with Crippen LogP contribution >= 0.6 is 0 Å². The van der Waals surface area contributed by atoms with Crippen molar-refractivity contribution in [2.45, 2.75) is 25.9 Å². The second-order valence-electron chi connectivity index (χ2n) is 3.04. The molecule has 3 nitrogen and oxygen atoms in total. The van der Waals surface area contributed by atoms with Gasteiger partial charge in [0.1, 0.15) is 0 Å². The van der Waals surface area contributed by atoms with E-state index < -0.39 is 0 Å². The van der Waals surface area contributed by atoms with Crippen molar-refractivity contribution >= 4 is 0 Å². The quantitative estimate of drug-likeness (QED) is 0.529. The van der Waals surface area contributed by atoms with Crippen LogP contribution in [0.1, 0.15) is 19.8 Å². The molecule has 0 aliphatic carbocycles. The van der Waals surface area contributed by atoms with E-state index in [2.05, 4.69) is 17.6 Å². The summed E-state index contributed by atoms with van der Waals surface area (Å²) in [5.74, 6) is 0. The fourth-order valence-corrected chi connectivity index (χ4v) is 0.971. The van der Waals surface area contributed by atoms with Gasteiger partial charge < -0.3 is 15.4 Å². The number of ether oxygens (including phenoxy) is 1. The predicted molar refractivity (Wildman–Crippen MR) is 52.5 cm³/mol. The lowest BCUT2D eigenvalue weighted by atomic mass is 10.2. The third-order valence-electron chi connectivity index (χ3n) is 1.92. The molecule has 0 fully saturated rings. The van der Waals surface area contributed by atoms with Gasteiger partial charge in [-0.25, -0.2) is 0 Å². The minimum absolute atomic E-state index is 0.399. The number of likely N-dealkylation sites (N-methyl/N-ethyl adjacent to an activating group) is 1. The van der Waals surface area contributed by atoms with E-state index in [-0.39, 0.29) is 0 Å². The van der Waals surface area contributed by atoms with Crippen LogP contribution in [0.3, 0.4) is 0 Å². The molecule has 2 N–H and O–H groups in total. The van der Waals surface area contributed by atoms with E-state index in [0.29, 0.717) is 6.10 Å². The standard InChI is InChI=1S/C9H22N2O/c1-9(12-3)5-4-6-11-8-7-10-2/h9-11H,4-8H2,1-3H3. The van der Waals surface area contributed by atoms with Crippen LogP contribution in [0.4, 0.5) is 0 Å². The average molecular weight is 174 g/mol.